The highest BCUT2D eigenvalue weighted by Gasteiger charge is 2.19. The first-order chi connectivity index (χ1) is 13.7. The molecule has 2 heterocycles. The molecule has 142 valence electrons. The molecule has 0 radical (unpaired) electrons. The van der Waals surface area contributed by atoms with Gasteiger partial charge in [-0.3, -0.25) is 4.79 Å². The Labute approximate surface area is 164 Å². The standard InChI is InChI=1S/C22H23N5O/c1-17-6-5-9-19(16-17)26-12-14-27(15-13-26)21-11-10-20(24-25-21)22(28)23-18-7-3-2-4-8-18/h2-11,16H,12-15H2,1H3,(H,23,28). The molecule has 2 aromatic carbocycles. The van der Waals surface area contributed by atoms with Crippen molar-refractivity contribution < 1.29 is 4.79 Å². The lowest BCUT2D eigenvalue weighted by molar-refractivity contribution is 0.102. The first kappa shape index (κ1) is 18.0. The third-order valence-electron chi connectivity index (χ3n) is 4.89. The van der Waals surface area contributed by atoms with Gasteiger partial charge in [-0.2, -0.15) is 0 Å². The van der Waals surface area contributed by atoms with Crippen molar-refractivity contribution in [3.8, 4) is 0 Å². The molecule has 1 saturated heterocycles. The fourth-order valence-corrected chi connectivity index (χ4v) is 3.35. The maximum absolute atomic E-state index is 12.3. The highest BCUT2D eigenvalue weighted by atomic mass is 16.1. The van der Waals surface area contributed by atoms with Gasteiger partial charge in [0.1, 0.15) is 0 Å². The largest absolute Gasteiger partial charge is 0.368 e. The van der Waals surface area contributed by atoms with Crippen LogP contribution in [0.5, 0.6) is 0 Å². The van der Waals surface area contributed by atoms with Crippen LogP contribution in [0.25, 0.3) is 0 Å². The third-order valence-corrected chi connectivity index (χ3v) is 4.89. The van der Waals surface area contributed by atoms with Gasteiger partial charge in [-0.25, -0.2) is 0 Å². The van der Waals surface area contributed by atoms with Crippen LogP contribution in [0.1, 0.15) is 16.1 Å². The molecule has 0 saturated carbocycles. The monoisotopic (exact) mass is 373 g/mol. The van der Waals surface area contributed by atoms with E-state index in [1.54, 1.807) is 6.07 Å². The predicted molar refractivity (Wildman–Crippen MR) is 112 cm³/mol. The first-order valence-electron chi connectivity index (χ1n) is 9.46. The molecule has 0 atom stereocenters. The van der Waals surface area contributed by atoms with Crippen LogP contribution in [0.15, 0.2) is 66.7 Å². The summed E-state index contributed by atoms with van der Waals surface area (Å²) in [5.41, 5.74) is 3.59. The van der Waals surface area contributed by atoms with Crippen molar-refractivity contribution in [3.63, 3.8) is 0 Å². The molecule has 1 N–H and O–H groups in total. The second kappa shape index (κ2) is 8.08. The summed E-state index contributed by atoms with van der Waals surface area (Å²) in [5.74, 6) is 0.551. The second-order valence-corrected chi connectivity index (χ2v) is 6.91. The highest BCUT2D eigenvalue weighted by Crippen LogP contribution is 2.20. The predicted octanol–water partition coefficient (Wildman–Crippen LogP) is 3.36. The van der Waals surface area contributed by atoms with Crippen LogP contribution in [0.2, 0.25) is 0 Å². The summed E-state index contributed by atoms with van der Waals surface area (Å²) < 4.78 is 0. The van der Waals surface area contributed by atoms with Gasteiger partial charge in [0.2, 0.25) is 0 Å². The molecule has 4 rings (SSSR count). The van der Waals surface area contributed by atoms with E-state index in [1.807, 2.05) is 36.4 Å². The number of carbonyl (C=O) groups excluding carboxylic acids is 1. The lowest BCUT2D eigenvalue weighted by Gasteiger charge is -2.36. The maximum atomic E-state index is 12.3. The molecule has 6 heteroatoms. The molecule has 0 bridgehead atoms. The number of aromatic nitrogens is 2. The van der Waals surface area contributed by atoms with Crippen LogP contribution < -0.4 is 15.1 Å². The van der Waals surface area contributed by atoms with Gasteiger partial charge in [0.25, 0.3) is 5.91 Å². The Morgan fingerprint density at radius 2 is 1.61 bits per heavy atom. The minimum atomic E-state index is -0.255. The Bertz CT molecular complexity index is 935. The van der Waals surface area contributed by atoms with Gasteiger partial charge in [0, 0.05) is 37.6 Å². The molecule has 0 spiro atoms. The Kier molecular flexibility index (Phi) is 5.19. The van der Waals surface area contributed by atoms with Crippen LogP contribution in [-0.2, 0) is 0 Å². The maximum Gasteiger partial charge on any atom is 0.276 e. The van der Waals surface area contributed by atoms with Crippen molar-refractivity contribution >= 4 is 23.1 Å². The van der Waals surface area contributed by atoms with E-state index in [0.717, 1.165) is 37.7 Å². The molecule has 1 aromatic heterocycles. The zero-order valence-corrected chi connectivity index (χ0v) is 15.9. The van der Waals surface area contributed by atoms with Gasteiger partial charge in [-0.15, -0.1) is 10.2 Å². The topological polar surface area (TPSA) is 61.4 Å². The lowest BCUT2D eigenvalue weighted by Crippen LogP contribution is -2.47. The second-order valence-electron chi connectivity index (χ2n) is 6.91. The van der Waals surface area contributed by atoms with Gasteiger partial charge in [-0.1, -0.05) is 30.3 Å². The SMILES string of the molecule is Cc1cccc(N2CCN(c3ccc(C(=O)Nc4ccccc4)nn3)CC2)c1. The summed E-state index contributed by atoms with van der Waals surface area (Å²) in [6, 6.07) is 21.5. The number of carbonyl (C=O) groups is 1. The number of piperazine rings is 1. The summed E-state index contributed by atoms with van der Waals surface area (Å²) >= 11 is 0. The number of anilines is 3. The number of hydrogen-bond donors (Lipinski definition) is 1. The number of nitrogens with zero attached hydrogens (tertiary/aromatic N) is 4. The Morgan fingerprint density at radius 3 is 2.29 bits per heavy atom. The number of rotatable bonds is 4. The van der Waals surface area contributed by atoms with Crippen LogP contribution in [0.3, 0.4) is 0 Å². The van der Waals surface area contributed by atoms with Crippen molar-refractivity contribution in [1.29, 1.82) is 0 Å². The molecular formula is C22H23N5O. The fraction of sp³-hybridized carbons (Fsp3) is 0.227. The van der Waals surface area contributed by atoms with Crippen molar-refractivity contribution in [2.24, 2.45) is 0 Å². The molecular weight excluding hydrogens is 350 g/mol. The number of nitrogens with one attached hydrogen (secondary N) is 1. The molecule has 0 unspecified atom stereocenters. The van der Waals surface area contributed by atoms with Crippen LogP contribution in [-0.4, -0.2) is 42.3 Å². The third kappa shape index (κ3) is 4.11. The normalized spacial score (nSPS) is 14.0. The molecule has 3 aromatic rings. The van der Waals surface area contributed by atoms with E-state index >= 15 is 0 Å². The lowest BCUT2D eigenvalue weighted by atomic mass is 10.2. The molecule has 28 heavy (non-hydrogen) atoms. The molecule has 0 aliphatic carbocycles. The average molecular weight is 373 g/mol. The highest BCUT2D eigenvalue weighted by molar-refractivity contribution is 6.02. The molecule has 1 fully saturated rings. The number of amides is 1. The molecule has 1 amide bonds. The van der Waals surface area contributed by atoms with E-state index in [0.29, 0.717) is 5.69 Å². The Morgan fingerprint density at radius 1 is 0.857 bits per heavy atom. The van der Waals surface area contributed by atoms with Gasteiger partial charge in [-0.05, 0) is 48.9 Å². The van der Waals surface area contributed by atoms with E-state index in [1.165, 1.54) is 11.3 Å². The van der Waals surface area contributed by atoms with E-state index in [4.69, 9.17) is 0 Å². The molecule has 6 nitrogen and oxygen atoms in total. The molecule has 1 aliphatic heterocycles. The fourth-order valence-electron chi connectivity index (χ4n) is 3.35. The van der Waals surface area contributed by atoms with Crippen molar-refractivity contribution in [2.45, 2.75) is 6.92 Å². The first-order valence-corrected chi connectivity index (χ1v) is 9.46. The van der Waals surface area contributed by atoms with Crippen LogP contribution in [0, 0.1) is 6.92 Å². The smallest absolute Gasteiger partial charge is 0.276 e. The van der Waals surface area contributed by atoms with E-state index in [-0.39, 0.29) is 5.91 Å². The minimum absolute atomic E-state index is 0.255. The summed E-state index contributed by atoms with van der Waals surface area (Å²) in [7, 11) is 0. The number of hydrogen-bond acceptors (Lipinski definition) is 5. The Hall–Kier alpha value is -3.41. The van der Waals surface area contributed by atoms with Gasteiger partial charge in [0.05, 0.1) is 0 Å². The van der Waals surface area contributed by atoms with Gasteiger partial charge < -0.3 is 15.1 Å². The van der Waals surface area contributed by atoms with Crippen molar-refractivity contribution in [2.75, 3.05) is 41.3 Å². The quantitative estimate of drug-likeness (QED) is 0.760. The van der Waals surface area contributed by atoms with Gasteiger partial charge in [0.15, 0.2) is 11.5 Å². The van der Waals surface area contributed by atoms with E-state index in [9.17, 15) is 4.79 Å². The number of para-hydroxylation sites is 1. The zero-order chi connectivity index (χ0) is 19.3. The van der Waals surface area contributed by atoms with E-state index in [2.05, 4.69) is 56.5 Å². The Balaban J connectivity index is 1.36. The average Bonchev–Trinajstić information content (AvgIpc) is 2.75. The summed E-state index contributed by atoms with van der Waals surface area (Å²) in [4.78, 5) is 16.9. The van der Waals surface area contributed by atoms with Crippen molar-refractivity contribution in [1.82, 2.24) is 10.2 Å². The van der Waals surface area contributed by atoms with Crippen LogP contribution in [0.4, 0.5) is 17.2 Å². The van der Waals surface area contributed by atoms with Gasteiger partial charge >= 0.3 is 0 Å². The van der Waals surface area contributed by atoms with Crippen molar-refractivity contribution in [3.05, 3.63) is 78.0 Å². The van der Waals surface area contributed by atoms with Crippen LogP contribution >= 0.6 is 0 Å². The summed E-state index contributed by atoms with van der Waals surface area (Å²) in [6.07, 6.45) is 0. The van der Waals surface area contributed by atoms with E-state index < -0.39 is 0 Å². The summed E-state index contributed by atoms with van der Waals surface area (Å²) in [6.45, 7) is 5.73. The zero-order valence-electron chi connectivity index (χ0n) is 15.9. The molecule has 1 aliphatic rings. The number of benzene rings is 2. The summed E-state index contributed by atoms with van der Waals surface area (Å²) in [5, 5.41) is 11.2. The number of aryl methyl sites for hydroxylation is 1. The minimum Gasteiger partial charge on any atom is -0.368 e.